The van der Waals surface area contributed by atoms with Crippen molar-refractivity contribution in [1.29, 1.82) is 0 Å². The molecule has 0 N–H and O–H groups in total. The van der Waals surface area contributed by atoms with E-state index in [4.69, 9.17) is 10.1 Å². The summed E-state index contributed by atoms with van der Waals surface area (Å²) < 4.78 is 1.92. The molecule has 0 aliphatic heterocycles. The summed E-state index contributed by atoms with van der Waals surface area (Å²) in [4.78, 5) is 10.0. The molecular formula is C25H24N4S. The van der Waals surface area contributed by atoms with Crippen LogP contribution in [0.15, 0.2) is 94.5 Å². The number of thiazole rings is 1. The van der Waals surface area contributed by atoms with Crippen molar-refractivity contribution in [3.05, 3.63) is 94.9 Å². The number of hydrogen-bond donors (Lipinski definition) is 0. The van der Waals surface area contributed by atoms with Gasteiger partial charge in [-0.05, 0) is 29.7 Å². The molecule has 4 rings (SSSR count). The van der Waals surface area contributed by atoms with E-state index in [1.54, 1.807) is 23.7 Å². The number of rotatable bonds is 7. The third-order valence-electron chi connectivity index (χ3n) is 4.73. The maximum Gasteiger partial charge on any atom is 0.206 e. The summed E-state index contributed by atoms with van der Waals surface area (Å²) in [6, 6.07) is 24.8. The van der Waals surface area contributed by atoms with Gasteiger partial charge >= 0.3 is 0 Å². The van der Waals surface area contributed by atoms with Gasteiger partial charge < -0.3 is 0 Å². The monoisotopic (exact) mass is 412 g/mol. The van der Waals surface area contributed by atoms with E-state index in [1.807, 2.05) is 28.9 Å². The predicted octanol–water partition coefficient (Wildman–Crippen LogP) is 5.86. The van der Waals surface area contributed by atoms with Crippen LogP contribution in [0.5, 0.6) is 0 Å². The number of benzene rings is 2. The Morgan fingerprint density at radius 2 is 1.63 bits per heavy atom. The lowest BCUT2D eigenvalue weighted by Gasteiger charge is -2.06. The van der Waals surface area contributed by atoms with Gasteiger partial charge in [0, 0.05) is 23.7 Å². The summed E-state index contributed by atoms with van der Waals surface area (Å²) in [6.07, 6.45) is 5.76. The molecule has 2 aromatic carbocycles. The van der Waals surface area contributed by atoms with Crippen LogP contribution in [0.1, 0.15) is 25.5 Å². The second kappa shape index (κ2) is 9.94. The second-order valence-corrected chi connectivity index (χ2v) is 7.73. The van der Waals surface area contributed by atoms with Crippen molar-refractivity contribution >= 4 is 17.6 Å². The molecule has 30 heavy (non-hydrogen) atoms. The molecular weight excluding hydrogens is 388 g/mol. The molecule has 4 nitrogen and oxygen atoms in total. The molecule has 0 aliphatic rings. The largest absolute Gasteiger partial charge is 0.257 e. The number of pyridine rings is 1. The van der Waals surface area contributed by atoms with E-state index in [9.17, 15) is 0 Å². The first-order chi connectivity index (χ1) is 14.8. The van der Waals surface area contributed by atoms with Crippen molar-refractivity contribution in [2.75, 3.05) is 6.54 Å². The highest BCUT2D eigenvalue weighted by Gasteiger charge is 2.08. The summed E-state index contributed by atoms with van der Waals surface area (Å²) in [7, 11) is 0. The standard InChI is InChI=1S/C25H24N4S/c1-2-3-16-27-25-29(28-18-23-11-7-8-17-26-23)24(19-30-25)22-14-12-21(13-15-22)20-9-5-4-6-10-20/h4-15,17-19H,2-3,16H2,1H3/b27-25?,28-18+. The molecule has 2 aromatic heterocycles. The predicted molar refractivity (Wildman–Crippen MR) is 126 cm³/mol. The molecule has 150 valence electrons. The minimum absolute atomic E-state index is 0.808. The Balaban J connectivity index is 1.70. The molecule has 0 atom stereocenters. The van der Waals surface area contributed by atoms with Gasteiger partial charge in [0.2, 0.25) is 4.80 Å². The molecule has 5 heteroatoms. The van der Waals surface area contributed by atoms with Gasteiger partial charge in [0.1, 0.15) is 0 Å². The maximum atomic E-state index is 4.77. The fourth-order valence-corrected chi connectivity index (χ4v) is 3.95. The third-order valence-corrected chi connectivity index (χ3v) is 5.58. The van der Waals surface area contributed by atoms with E-state index in [1.165, 1.54) is 11.1 Å². The highest BCUT2D eigenvalue weighted by molar-refractivity contribution is 7.07. The van der Waals surface area contributed by atoms with Gasteiger partial charge in [0.05, 0.1) is 17.6 Å². The van der Waals surface area contributed by atoms with Crippen molar-refractivity contribution < 1.29 is 0 Å². The third kappa shape index (κ3) is 4.81. The minimum atomic E-state index is 0.808. The number of nitrogens with zero attached hydrogens (tertiary/aromatic N) is 4. The zero-order chi connectivity index (χ0) is 20.6. The summed E-state index contributed by atoms with van der Waals surface area (Å²) in [5.74, 6) is 0. The van der Waals surface area contributed by atoms with Crippen LogP contribution in [0.2, 0.25) is 0 Å². The Bertz CT molecular complexity index is 1160. The highest BCUT2D eigenvalue weighted by atomic mass is 32.1. The zero-order valence-electron chi connectivity index (χ0n) is 17.0. The van der Waals surface area contributed by atoms with E-state index in [0.29, 0.717) is 0 Å². The van der Waals surface area contributed by atoms with Crippen LogP contribution >= 0.6 is 11.3 Å². The van der Waals surface area contributed by atoms with Gasteiger partial charge in [-0.25, -0.2) is 4.68 Å². The maximum absolute atomic E-state index is 4.77. The summed E-state index contributed by atoms with van der Waals surface area (Å²) >= 11 is 1.62. The summed E-state index contributed by atoms with van der Waals surface area (Å²) in [5.41, 5.74) is 5.38. The second-order valence-electron chi connectivity index (χ2n) is 6.89. The first kappa shape index (κ1) is 20.0. The van der Waals surface area contributed by atoms with Gasteiger partial charge in [-0.15, -0.1) is 11.3 Å². The van der Waals surface area contributed by atoms with E-state index in [0.717, 1.165) is 41.1 Å². The van der Waals surface area contributed by atoms with Crippen LogP contribution in [0.25, 0.3) is 22.4 Å². The molecule has 0 spiro atoms. The molecule has 0 aliphatic carbocycles. The van der Waals surface area contributed by atoms with Crippen LogP contribution in [-0.2, 0) is 0 Å². The smallest absolute Gasteiger partial charge is 0.206 e. The molecule has 0 amide bonds. The number of aromatic nitrogens is 2. The highest BCUT2D eigenvalue weighted by Crippen LogP contribution is 2.25. The molecule has 0 saturated carbocycles. The van der Waals surface area contributed by atoms with Gasteiger partial charge in [-0.2, -0.15) is 5.10 Å². The number of unbranched alkanes of at least 4 members (excludes halogenated alkanes) is 1. The van der Waals surface area contributed by atoms with Crippen molar-refractivity contribution in [2.45, 2.75) is 19.8 Å². The fourth-order valence-electron chi connectivity index (χ4n) is 3.08. The molecule has 0 unspecified atom stereocenters. The van der Waals surface area contributed by atoms with Crippen LogP contribution in [0.4, 0.5) is 0 Å². The van der Waals surface area contributed by atoms with E-state index in [2.05, 4.69) is 65.8 Å². The van der Waals surface area contributed by atoms with Crippen LogP contribution in [0.3, 0.4) is 0 Å². The molecule has 0 fully saturated rings. The molecule has 2 heterocycles. The van der Waals surface area contributed by atoms with E-state index < -0.39 is 0 Å². The van der Waals surface area contributed by atoms with Crippen LogP contribution in [-0.4, -0.2) is 22.4 Å². The Morgan fingerprint density at radius 1 is 0.900 bits per heavy atom. The summed E-state index contributed by atoms with van der Waals surface area (Å²) in [5, 5.41) is 6.84. The normalized spacial score (nSPS) is 12.0. The topological polar surface area (TPSA) is 42.5 Å². The zero-order valence-corrected chi connectivity index (χ0v) is 17.8. The van der Waals surface area contributed by atoms with Gasteiger partial charge in [-0.1, -0.05) is 74.0 Å². The van der Waals surface area contributed by atoms with Crippen molar-refractivity contribution in [3.63, 3.8) is 0 Å². The Labute approximate surface area is 180 Å². The minimum Gasteiger partial charge on any atom is -0.257 e. The Morgan fingerprint density at radius 3 is 2.37 bits per heavy atom. The van der Waals surface area contributed by atoms with Crippen molar-refractivity contribution in [3.8, 4) is 22.4 Å². The van der Waals surface area contributed by atoms with Crippen LogP contribution < -0.4 is 4.80 Å². The molecule has 0 saturated heterocycles. The van der Waals surface area contributed by atoms with Crippen LogP contribution in [0, 0.1) is 0 Å². The average Bonchev–Trinajstić information content (AvgIpc) is 3.22. The van der Waals surface area contributed by atoms with Gasteiger partial charge in [0.25, 0.3) is 0 Å². The summed E-state index contributed by atoms with van der Waals surface area (Å²) in [6.45, 7) is 2.99. The van der Waals surface area contributed by atoms with E-state index >= 15 is 0 Å². The van der Waals surface area contributed by atoms with Gasteiger partial charge in [-0.3, -0.25) is 9.98 Å². The lowest BCUT2D eigenvalue weighted by atomic mass is 10.0. The lowest BCUT2D eigenvalue weighted by molar-refractivity contribution is 0.764. The fraction of sp³-hybridized carbons (Fsp3) is 0.160. The van der Waals surface area contributed by atoms with Crippen molar-refractivity contribution in [2.24, 2.45) is 10.1 Å². The number of hydrogen-bond acceptors (Lipinski definition) is 4. The Hall–Kier alpha value is -3.31. The molecule has 4 aromatic rings. The Kier molecular flexibility index (Phi) is 6.62. The molecule has 0 bridgehead atoms. The lowest BCUT2D eigenvalue weighted by Crippen LogP contribution is -2.13. The molecule has 0 radical (unpaired) electrons. The first-order valence-corrected chi connectivity index (χ1v) is 11.1. The average molecular weight is 413 g/mol. The quantitative estimate of drug-likeness (QED) is 0.277. The SMILES string of the molecule is CCCCN=c1scc(-c2ccc(-c3ccccc3)cc2)n1/N=C/c1ccccn1. The van der Waals surface area contributed by atoms with E-state index in [-0.39, 0.29) is 0 Å². The van der Waals surface area contributed by atoms with Gasteiger partial charge in [0.15, 0.2) is 0 Å². The van der Waals surface area contributed by atoms with Crippen molar-refractivity contribution in [1.82, 2.24) is 9.66 Å². The first-order valence-electron chi connectivity index (χ1n) is 10.2.